The van der Waals surface area contributed by atoms with Crippen LogP contribution < -0.4 is 4.90 Å². The molecule has 0 spiro atoms. The van der Waals surface area contributed by atoms with Crippen molar-refractivity contribution in [2.24, 2.45) is 0 Å². The number of rotatable bonds is 2. The van der Waals surface area contributed by atoms with E-state index in [2.05, 4.69) is 14.9 Å². The molecule has 7 heteroatoms. The van der Waals surface area contributed by atoms with Crippen LogP contribution >= 0.6 is 11.3 Å². The second-order valence-corrected chi connectivity index (χ2v) is 7.42. The molecule has 0 bridgehead atoms. The van der Waals surface area contributed by atoms with Crippen LogP contribution in [0.4, 0.5) is 10.6 Å². The summed E-state index contributed by atoms with van der Waals surface area (Å²) in [7, 11) is 0. The molecule has 1 aliphatic rings. The topological polar surface area (TPSA) is 58.6 Å². The molecule has 0 radical (unpaired) electrons. The molecule has 0 aliphatic carbocycles. The molecule has 2 aromatic heterocycles. The van der Waals surface area contributed by atoms with Crippen molar-refractivity contribution < 1.29 is 9.53 Å². The number of nitrogens with zero attached hydrogens (tertiary/aromatic N) is 4. The van der Waals surface area contributed by atoms with E-state index in [9.17, 15) is 4.79 Å². The van der Waals surface area contributed by atoms with Gasteiger partial charge in [0.2, 0.25) is 0 Å². The van der Waals surface area contributed by atoms with Gasteiger partial charge in [0.25, 0.3) is 0 Å². The normalized spacial score (nSPS) is 15.5. The lowest BCUT2D eigenvalue weighted by atomic mass is 10.2. The summed E-state index contributed by atoms with van der Waals surface area (Å²) in [5.74, 6) is 0.923. The van der Waals surface area contributed by atoms with E-state index < -0.39 is 5.60 Å². The Morgan fingerprint density at radius 3 is 2.58 bits per heavy atom. The van der Waals surface area contributed by atoms with Gasteiger partial charge >= 0.3 is 6.09 Å². The van der Waals surface area contributed by atoms with Gasteiger partial charge in [-0.1, -0.05) is 0 Å². The smallest absolute Gasteiger partial charge is 0.410 e. The number of amides is 1. The Morgan fingerprint density at radius 2 is 1.96 bits per heavy atom. The third kappa shape index (κ3) is 3.84. The first-order valence-corrected chi connectivity index (χ1v) is 8.95. The third-order valence-corrected chi connectivity index (χ3v) is 4.31. The Bertz CT molecular complexity index is 689. The molecule has 0 unspecified atom stereocenters. The van der Waals surface area contributed by atoms with Crippen molar-refractivity contribution >= 4 is 23.2 Å². The van der Waals surface area contributed by atoms with Gasteiger partial charge in [-0.15, -0.1) is 11.3 Å². The van der Waals surface area contributed by atoms with Crippen LogP contribution in [0, 0.1) is 0 Å². The van der Waals surface area contributed by atoms with Crippen molar-refractivity contribution in [2.45, 2.75) is 26.4 Å². The zero-order valence-corrected chi connectivity index (χ0v) is 15.0. The molecular weight excluding hydrogens is 324 g/mol. The van der Waals surface area contributed by atoms with E-state index in [4.69, 9.17) is 4.74 Å². The maximum atomic E-state index is 12.2. The molecular formula is C17H22N4O2S. The van der Waals surface area contributed by atoms with E-state index in [1.54, 1.807) is 22.4 Å². The number of carbonyl (C=O) groups is 1. The Hall–Kier alpha value is -2.15. The minimum Gasteiger partial charge on any atom is -0.444 e. The van der Waals surface area contributed by atoms with Gasteiger partial charge in [-0.25, -0.2) is 14.8 Å². The molecule has 3 rings (SSSR count). The number of pyridine rings is 1. The zero-order chi connectivity index (χ0) is 17.2. The second kappa shape index (κ2) is 6.76. The molecule has 1 fully saturated rings. The SMILES string of the molecule is CC(C)(C)OC(=O)N1CCN(c2ncccc2-c2cscn2)CC1. The highest BCUT2D eigenvalue weighted by molar-refractivity contribution is 7.07. The van der Waals surface area contributed by atoms with Crippen molar-refractivity contribution in [2.75, 3.05) is 31.1 Å². The number of hydrogen-bond donors (Lipinski definition) is 0. The molecule has 1 saturated heterocycles. The number of anilines is 1. The highest BCUT2D eigenvalue weighted by Crippen LogP contribution is 2.29. The van der Waals surface area contributed by atoms with Crippen LogP contribution in [-0.4, -0.2) is 52.7 Å². The largest absolute Gasteiger partial charge is 0.444 e. The van der Waals surface area contributed by atoms with Crippen molar-refractivity contribution in [3.05, 3.63) is 29.2 Å². The molecule has 0 N–H and O–H groups in total. The maximum Gasteiger partial charge on any atom is 0.410 e. The summed E-state index contributed by atoms with van der Waals surface area (Å²) in [6, 6.07) is 3.97. The Labute approximate surface area is 146 Å². The summed E-state index contributed by atoms with van der Waals surface area (Å²) in [6.07, 6.45) is 1.55. The first-order chi connectivity index (χ1) is 11.4. The Balaban J connectivity index is 1.69. The van der Waals surface area contributed by atoms with Gasteiger partial charge in [0.1, 0.15) is 11.4 Å². The maximum absolute atomic E-state index is 12.2. The van der Waals surface area contributed by atoms with E-state index in [0.29, 0.717) is 13.1 Å². The van der Waals surface area contributed by atoms with E-state index in [1.807, 2.05) is 43.8 Å². The molecule has 3 heterocycles. The fraction of sp³-hybridized carbons (Fsp3) is 0.471. The lowest BCUT2D eigenvalue weighted by molar-refractivity contribution is 0.0240. The monoisotopic (exact) mass is 346 g/mol. The van der Waals surface area contributed by atoms with Crippen molar-refractivity contribution in [3.63, 3.8) is 0 Å². The number of carbonyl (C=O) groups excluding carboxylic acids is 1. The van der Waals surface area contributed by atoms with Crippen LogP contribution in [-0.2, 0) is 4.74 Å². The van der Waals surface area contributed by atoms with Gasteiger partial charge in [0.15, 0.2) is 0 Å². The van der Waals surface area contributed by atoms with E-state index in [-0.39, 0.29) is 6.09 Å². The summed E-state index contributed by atoms with van der Waals surface area (Å²) < 4.78 is 5.44. The number of thiazole rings is 1. The average Bonchev–Trinajstić information content (AvgIpc) is 3.08. The molecule has 2 aromatic rings. The predicted octanol–water partition coefficient (Wildman–Crippen LogP) is 3.26. The quantitative estimate of drug-likeness (QED) is 0.835. The lowest BCUT2D eigenvalue weighted by Gasteiger charge is -2.36. The predicted molar refractivity (Wildman–Crippen MR) is 95.4 cm³/mol. The fourth-order valence-corrected chi connectivity index (χ4v) is 3.17. The first-order valence-electron chi connectivity index (χ1n) is 8.00. The van der Waals surface area contributed by atoms with E-state index >= 15 is 0 Å². The Morgan fingerprint density at radius 1 is 1.21 bits per heavy atom. The van der Waals surface area contributed by atoms with Gasteiger partial charge in [-0.3, -0.25) is 0 Å². The molecule has 0 atom stereocenters. The number of piperazine rings is 1. The summed E-state index contributed by atoms with van der Waals surface area (Å²) >= 11 is 1.57. The molecule has 1 aliphatic heterocycles. The number of hydrogen-bond acceptors (Lipinski definition) is 6. The van der Waals surface area contributed by atoms with Gasteiger partial charge in [-0.2, -0.15) is 0 Å². The summed E-state index contributed by atoms with van der Waals surface area (Å²) in [6.45, 7) is 8.37. The molecule has 128 valence electrons. The molecule has 24 heavy (non-hydrogen) atoms. The molecule has 6 nitrogen and oxygen atoms in total. The minimum absolute atomic E-state index is 0.247. The van der Waals surface area contributed by atoms with Crippen LogP contribution in [0.3, 0.4) is 0 Å². The van der Waals surface area contributed by atoms with Crippen LogP contribution in [0.15, 0.2) is 29.2 Å². The molecule has 0 saturated carbocycles. The van der Waals surface area contributed by atoms with Gasteiger partial charge in [0.05, 0.1) is 11.2 Å². The van der Waals surface area contributed by atoms with Gasteiger partial charge < -0.3 is 14.5 Å². The third-order valence-electron chi connectivity index (χ3n) is 3.73. The van der Waals surface area contributed by atoms with Gasteiger partial charge in [0, 0.05) is 43.3 Å². The molecule has 1 amide bonds. The van der Waals surface area contributed by atoms with Crippen molar-refractivity contribution in [1.82, 2.24) is 14.9 Å². The second-order valence-electron chi connectivity index (χ2n) is 6.70. The van der Waals surface area contributed by atoms with Crippen LogP contribution in [0.5, 0.6) is 0 Å². The summed E-state index contributed by atoms with van der Waals surface area (Å²) in [5, 5.41) is 2.03. The van der Waals surface area contributed by atoms with Crippen LogP contribution in [0.1, 0.15) is 20.8 Å². The van der Waals surface area contributed by atoms with Crippen LogP contribution in [0.2, 0.25) is 0 Å². The summed E-state index contributed by atoms with van der Waals surface area (Å²) in [4.78, 5) is 25.1. The molecule has 0 aromatic carbocycles. The Kier molecular flexibility index (Phi) is 4.71. The average molecular weight is 346 g/mol. The standard InChI is InChI=1S/C17H22N4O2S/c1-17(2,3)23-16(22)21-9-7-20(8-10-21)15-13(5-4-6-18-15)14-11-24-12-19-14/h4-6,11-12H,7-10H2,1-3H3. The first kappa shape index (κ1) is 16.7. The highest BCUT2D eigenvalue weighted by atomic mass is 32.1. The van der Waals surface area contributed by atoms with Crippen molar-refractivity contribution in [3.8, 4) is 11.3 Å². The van der Waals surface area contributed by atoms with E-state index in [1.165, 1.54) is 0 Å². The van der Waals surface area contributed by atoms with E-state index in [0.717, 1.165) is 30.2 Å². The van der Waals surface area contributed by atoms with Crippen molar-refractivity contribution in [1.29, 1.82) is 0 Å². The summed E-state index contributed by atoms with van der Waals surface area (Å²) in [5.41, 5.74) is 3.33. The lowest BCUT2D eigenvalue weighted by Crippen LogP contribution is -2.50. The van der Waals surface area contributed by atoms with Crippen LogP contribution in [0.25, 0.3) is 11.3 Å². The van der Waals surface area contributed by atoms with Gasteiger partial charge in [-0.05, 0) is 32.9 Å². The number of aromatic nitrogens is 2. The zero-order valence-electron chi connectivity index (χ0n) is 14.2. The number of ether oxygens (including phenoxy) is 1. The fourth-order valence-electron chi connectivity index (χ4n) is 2.62. The minimum atomic E-state index is -0.465. The highest BCUT2D eigenvalue weighted by Gasteiger charge is 2.27.